The number of hydrogen-bond donors (Lipinski definition) is 0. The molecule has 3 nitrogen and oxygen atoms in total. The number of ketones is 1. The highest BCUT2D eigenvalue weighted by Crippen LogP contribution is 2.31. The van der Waals surface area contributed by atoms with Crippen molar-refractivity contribution in [1.29, 1.82) is 0 Å². The lowest BCUT2D eigenvalue weighted by Gasteiger charge is -2.40. The van der Waals surface area contributed by atoms with Gasteiger partial charge >= 0.3 is 0 Å². The normalized spacial score (nSPS) is 28.4. The maximum Gasteiger partial charge on any atom is 0.138 e. The summed E-state index contributed by atoms with van der Waals surface area (Å²) < 4.78 is 0. The summed E-state index contributed by atoms with van der Waals surface area (Å²) in [6.45, 7) is 9.28. The summed E-state index contributed by atoms with van der Waals surface area (Å²) in [7, 11) is 0. The Morgan fingerprint density at radius 3 is 2.82 bits per heavy atom. The molecular weight excluding hydrogens is 232 g/mol. The van der Waals surface area contributed by atoms with Gasteiger partial charge in [0.2, 0.25) is 0 Å². The minimum Gasteiger partial charge on any atom is -0.299 e. The lowest BCUT2D eigenvalue weighted by Crippen LogP contribution is -2.47. The van der Waals surface area contributed by atoms with Crippen LogP contribution in [-0.4, -0.2) is 28.3 Å². The Bertz CT molecular complexity index is 415. The first kappa shape index (κ1) is 12.7. The van der Waals surface area contributed by atoms with E-state index in [1.54, 1.807) is 11.3 Å². The molecule has 0 amide bonds. The molecule has 94 valence electrons. The van der Waals surface area contributed by atoms with E-state index in [0.717, 1.165) is 17.2 Å². The van der Waals surface area contributed by atoms with Crippen LogP contribution in [0.4, 0.5) is 0 Å². The number of hydrogen-bond acceptors (Lipinski definition) is 4. The Labute approximate surface area is 107 Å². The van der Waals surface area contributed by atoms with Crippen molar-refractivity contribution < 1.29 is 4.79 Å². The number of Topliss-reactive ketones (excluding diaryl/α,β-unsaturated/α-hetero) is 1. The second-order valence-corrected chi connectivity index (χ2v) is 5.88. The zero-order chi connectivity index (χ0) is 12.6. The Morgan fingerprint density at radius 1 is 1.53 bits per heavy atom. The van der Waals surface area contributed by atoms with Crippen LogP contribution in [0.5, 0.6) is 0 Å². The molecule has 0 radical (unpaired) electrons. The second-order valence-electron chi connectivity index (χ2n) is 4.99. The SMILES string of the molecule is Cc1csc(C(C)N2CCC(=O)C(C)C2C)n1. The third-order valence-corrected chi connectivity index (χ3v) is 5.00. The van der Waals surface area contributed by atoms with Gasteiger partial charge in [-0.15, -0.1) is 11.3 Å². The molecule has 0 spiro atoms. The number of carbonyl (C=O) groups excluding carboxylic acids is 1. The molecule has 17 heavy (non-hydrogen) atoms. The molecule has 2 heterocycles. The summed E-state index contributed by atoms with van der Waals surface area (Å²) in [5, 5.41) is 3.26. The first-order chi connectivity index (χ1) is 8.00. The standard InChI is InChI=1S/C13H20N2OS/c1-8-7-17-13(14-8)11(4)15-6-5-12(16)9(2)10(15)3/h7,9-11H,5-6H2,1-4H3. The van der Waals surface area contributed by atoms with E-state index in [1.165, 1.54) is 0 Å². The molecule has 1 fully saturated rings. The molecule has 3 unspecified atom stereocenters. The Balaban J connectivity index is 2.14. The first-order valence-electron chi connectivity index (χ1n) is 6.21. The molecular formula is C13H20N2OS. The summed E-state index contributed by atoms with van der Waals surface area (Å²) >= 11 is 1.72. The molecule has 3 atom stereocenters. The van der Waals surface area contributed by atoms with Crippen molar-refractivity contribution in [3.63, 3.8) is 0 Å². The summed E-state index contributed by atoms with van der Waals surface area (Å²) in [5.41, 5.74) is 1.09. The van der Waals surface area contributed by atoms with Crippen molar-refractivity contribution in [2.75, 3.05) is 6.54 Å². The van der Waals surface area contributed by atoms with Gasteiger partial charge in [-0.25, -0.2) is 4.98 Å². The third kappa shape index (κ3) is 2.43. The van der Waals surface area contributed by atoms with E-state index in [2.05, 4.69) is 29.1 Å². The molecule has 2 rings (SSSR count). The van der Waals surface area contributed by atoms with E-state index in [1.807, 2.05) is 13.8 Å². The third-order valence-electron chi connectivity index (χ3n) is 3.86. The lowest BCUT2D eigenvalue weighted by atomic mass is 9.90. The van der Waals surface area contributed by atoms with Crippen LogP contribution >= 0.6 is 11.3 Å². The van der Waals surface area contributed by atoms with Crippen molar-refractivity contribution in [3.05, 3.63) is 16.1 Å². The fourth-order valence-corrected chi connectivity index (χ4v) is 3.35. The maximum absolute atomic E-state index is 11.7. The fourth-order valence-electron chi connectivity index (χ4n) is 2.48. The predicted molar refractivity (Wildman–Crippen MR) is 70.2 cm³/mol. The van der Waals surface area contributed by atoms with Gasteiger partial charge in [0.15, 0.2) is 0 Å². The highest BCUT2D eigenvalue weighted by molar-refractivity contribution is 7.09. The van der Waals surface area contributed by atoms with E-state index in [0.29, 0.717) is 24.3 Å². The topological polar surface area (TPSA) is 33.2 Å². The number of likely N-dealkylation sites (tertiary alicyclic amines) is 1. The van der Waals surface area contributed by atoms with Crippen LogP contribution in [0.25, 0.3) is 0 Å². The molecule has 1 aromatic rings. The number of rotatable bonds is 2. The van der Waals surface area contributed by atoms with E-state index in [9.17, 15) is 4.79 Å². The Morgan fingerprint density at radius 2 is 2.24 bits per heavy atom. The number of thiazole rings is 1. The van der Waals surface area contributed by atoms with Crippen molar-refractivity contribution in [2.45, 2.75) is 46.2 Å². The molecule has 1 aromatic heterocycles. The maximum atomic E-state index is 11.7. The lowest BCUT2D eigenvalue weighted by molar-refractivity contribution is -0.128. The van der Waals surface area contributed by atoms with Crippen molar-refractivity contribution >= 4 is 17.1 Å². The van der Waals surface area contributed by atoms with Gasteiger partial charge < -0.3 is 0 Å². The average molecular weight is 252 g/mol. The molecule has 0 aromatic carbocycles. The highest BCUT2D eigenvalue weighted by atomic mass is 32.1. The smallest absolute Gasteiger partial charge is 0.138 e. The number of aromatic nitrogens is 1. The minimum absolute atomic E-state index is 0.146. The molecule has 1 saturated heterocycles. The zero-order valence-corrected chi connectivity index (χ0v) is 11.8. The molecule has 0 aliphatic carbocycles. The summed E-state index contributed by atoms with van der Waals surface area (Å²) in [4.78, 5) is 18.6. The van der Waals surface area contributed by atoms with Crippen LogP contribution in [0.2, 0.25) is 0 Å². The van der Waals surface area contributed by atoms with Crippen LogP contribution < -0.4 is 0 Å². The largest absolute Gasteiger partial charge is 0.299 e. The molecule has 0 N–H and O–H groups in total. The quantitative estimate of drug-likeness (QED) is 0.811. The molecule has 0 bridgehead atoms. The van der Waals surface area contributed by atoms with Crippen LogP contribution in [0.15, 0.2) is 5.38 Å². The predicted octanol–water partition coefficient (Wildman–Crippen LogP) is 2.81. The van der Waals surface area contributed by atoms with Gasteiger partial charge in [-0.2, -0.15) is 0 Å². The monoisotopic (exact) mass is 252 g/mol. The first-order valence-corrected chi connectivity index (χ1v) is 7.09. The molecule has 0 saturated carbocycles. The van der Waals surface area contributed by atoms with Gasteiger partial charge in [0, 0.05) is 36.0 Å². The van der Waals surface area contributed by atoms with Crippen molar-refractivity contribution in [2.24, 2.45) is 5.92 Å². The molecule has 1 aliphatic rings. The minimum atomic E-state index is 0.146. The summed E-state index contributed by atoms with van der Waals surface area (Å²) in [5.74, 6) is 0.545. The zero-order valence-electron chi connectivity index (χ0n) is 10.9. The van der Waals surface area contributed by atoms with Crippen molar-refractivity contribution in [1.82, 2.24) is 9.88 Å². The highest BCUT2D eigenvalue weighted by Gasteiger charge is 2.34. The summed E-state index contributed by atoms with van der Waals surface area (Å²) in [6, 6.07) is 0.634. The van der Waals surface area contributed by atoms with E-state index >= 15 is 0 Å². The van der Waals surface area contributed by atoms with E-state index in [4.69, 9.17) is 0 Å². The number of carbonyl (C=O) groups is 1. The van der Waals surface area contributed by atoms with Gasteiger partial charge in [0.05, 0.1) is 6.04 Å². The van der Waals surface area contributed by atoms with Gasteiger partial charge in [0.25, 0.3) is 0 Å². The second kappa shape index (κ2) is 4.86. The Kier molecular flexibility index (Phi) is 3.64. The van der Waals surface area contributed by atoms with Gasteiger partial charge in [0.1, 0.15) is 10.8 Å². The van der Waals surface area contributed by atoms with Crippen molar-refractivity contribution in [3.8, 4) is 0 Å². The van der Waals surface area contributed by atoms with Gasteiger partial charge in [-0.3, -0.25) is 9.69 Å². The molecule has 4 heteroatoms. The Hall–Kier alpha value is -0.740. The van der Waals surface area contributed by atoms with Crippen LogP contribution in [-0.2, 0) is 4.79 Å². The van der Waals surface area contributed by atoms with E-state index in [-0.39, 0.29) is 5.92 Å². The van der Waals surface area contributed by atoms with E-state index < -0.39 is 0 Å². The number of nitrogens with zero attached hydrogens (tertiary/aromatic N) is 2. The van der Waals surface area contributed by atoms with Crippen LogP contribution in [0.1, 0.15) is 43.9 Å². The van der Waals surface area contributed by atoms with Crippen LogP contribution in [0, 0.1) is 12.8 Å². The van der Waals surface area contributed by atoms with Crippen LogP contribution in [0.3, 0.4) is 0 Å². The van der Waals surface area contributed by atoms with Gasteiger partial charge in [-0.1, -0.05) is 6.92 Å². The van der Waals surface area contributed by atoms with Gasteiger partial charge in [-0.05, 0) is 20.8 Å². The number of aryl methyl sites for hydroxylation is 1. The molecule has 1 aliphatic heterocycles. The fraction of sp³-hybridized carbons (Fsp3) is 0.692. The number of piperidine rings is 1. The summed E-state index contributed by atoms with van der Waals surface area (Å²) in [6.07, 6.45) is 0.681. The average Bonchev–Trinajstić information content (AvgIpc) is 2.72.